The Morgan fingerprint density at radius 2 is 2.04 bits per heavy atom. The Bertz CT molecular complexity index is 860. The van der Waals surface area contributed by atoms with Crippen LogP contribution in [0.4, 0.5) is 0 Å². The van der Waals surface area contributed by atoms with Gasteiger partial charge in [-0.25, -0.2) is 13.9 Å². The van der Waals surface area contributed by atoms with E-state index < -0.39 is 45.5 Å². The zero-order valence-electron chi connectivity index (χ0n) is 13.7. The lowest BCUT2D eigenvalue weighted by Gasteiger charge is -2.28. The van der Waals surface area contributed by atoms with Crippen molar-refractivity contribution >= 4 is 15.6 Å². The summed E-state index contributed by atoms with van der Waals surface area (Å²) in [5.74, 6) is -1.93. The van der Waals surface area contributed by atoms with E-state index in [-0.39, 0.29) is 12.3 Å². The fourth-order valence-electron chi connectivity index (χ4n) is 2.56. The molecular formula is C11H18N2O11P2. The average Bonchev–Trinajstić information content (AvgIpc) is 2.81. The minimum atomic E-state index is -5.26. The minimum Gasteiger partial charge on any atom is -0.351 e. The van der Waals surface area contributed by atoms with Gasteiger partial charge < -0.3 is 24.2 Å². The topological polar surface area (TPSA) is 187 Å². The lowest BCUT2D eigenvalue weighted by molar-refractivity contribution is -0.241. The lowest BCUT2D eigenvalue weighted by Crippen LogP contribution is -2.38. The zero-order chi connectivity index (χ0) is 19.8. The van der Waals surface area contributed by atoms with Crippen molar-refractivity contribution in [3.05, 3.63) is 33.1 Å². The molecule has 2 rings (SSSR count). The van der Waals surface area contributed by atoms with Crippen LogP contribution in [-0.2, 0) is 27.4 Å². The minimum absolute atomic E-state index is 0.107. The van der Waals surface area contributed by atoms with Gasteiger partial charge in [-0.1, -0.05) is 6.92 Å². The van der Waals surface area contributed by atoms with Crippen LogP contribution in [0.5, 0.6) is 0 Å². The van der Waals surface area contributed by atoms with Gasteiger partial charge in [0.2, 0.25) is 0 Å². The molecule has 0 bridgehead atoms. The molecule has 1 fully saturated rings. The number of H-pyrrole nitrogens is 1. The summed E-state index contributed by atoms with van der Waals surface area (Å²) in [6.45, 7) is 0.990. The maximum Gasteiger partial charge on any atom is 0.481 e. The first-order valence-electron chi connectivity index (χ1n) is 7.15. The van der Waals surface area contributed by atoms with Crippen molar-refractivity contribution in [1.29, 1.82) is 0 Å². The fraction of sp³-hybridized carbons (Fsp3) is 0.636. The van der Waals surface area contributed by atoms with Gasteiger partial charge in [0.05, 0.1) is 0 Å². The lowest BCUT2D eigenvalue weighted by atomic mass is 10.0. The number of hydrogen-bond acceptors (Lipinski definition) is 8. The van der Waals surface area contributed by atoms with Gasteiger partial charge in [-0.2, -0.15) is 4.31 Å². The van der Waals surface area contributed by atoms with E-state index in [1.54, 1.807) is 6.92 Å². The highest BCUT2D eigenvalue weighted by Gasteiger charge is 2.48. The normalized spacial score (nSPS) is 28.8. The van der Waals surface area contributed by atoms with Crippen LogP contribution in [0, 0.1) is 5.92 Å². The number of nitrogens with zero attached hydrogens (tertiary/aromatic N) is 1. The summed E-state index contributed by atoms with van der Waals surface area (Å²) in [6.07, 6.45) is 0.446. The average molecular weight is 416 g/mol. The number of methoxy groups -OCH3 is 1. The smallest absolute Gasteiger partial charge is 0.351 e. The first-order valence-corrected chi connectivity index (χ1v) is 10.2. The highest BCUT2D eigenvalue weighted by molar-refractivity contribution is 7.60. The molecule has 2 heterocycles. The van der Waals surface area contributed by atoms with E-state index in [1.165, 1.54) is 13.3 Å². The van der Waals surface area contributed by atoms with E-state index in [4.69, 9.17) is 19.3 Å². The molecule has 13 nitrogen and oxygen atoms in total. The molecular weight excluding hydrogens is 398 g/mol. The number of phosphoric ester groups is 1. The van der Waals surface area contributed by atoms with Crippen molar-refractivity contribution in [2.24, 2.45) is 5.92 Å². The van der Waals surface area contributed by atoms with Gasteiger partial charge >= 0.3 is 21.3 Å². The highest BCUT2D eigenvalue weighted by atomic mass is 31.3. The van der Waals surface area contributed by atoms with Crippen molar-refractivity contribution in [2.75, 3.05) is 13.7 Å². The van der Waals surface area contributed by atoms with Crippen LogP contribution in [0.25, 0.3) is 0 Å². The monoisotopic (exact) mass is 416 g/mol. The van der Waals surface area contributed by atoms with Crippen molar-refractivity contribution < 1.29 is 42.1 Å². The second kappa shape index (κ2) is 7.47. The summed E-state index contributed by atoms with van der Waals surface area (Å²) in [7, 11) is -9.13. The van der Waals surface area contributed by atoms with Crippen LogP contribution in [0.2, 0.25) is 0 Å². The Kier molecular flexibility index (Phi) is 6.08. The van der Waals surface area contributed by atoms with Crippen LogP contribution in [0.1, 0.15) is 19.6 Å². The number of aromatic amines is 1. The predicted molar refractivity (Wildman–Crippen MR) is 83.9 cm³/mol. The molecule has 0 aromatic carbocycles. The molecule has 4 unspecified atom stereocenters. The van der Waals surface area contributed by atoms with Crippen molar-refractivity contribution in [2.45, 2.75) is 25.4 Å². The molecule has 4 atom stereocenters. The zero-order valence-corrected chi connectivity index (χ0v) is 15.5. The van der Waals surface area contributed by atoms with Gasteiger partial charge in [0.15, 0.2) is 5.79 Å². The second-order valence-electron chi connectivity index (χ2n) is 5.64. The Balaban J connectivity index is 2.17. The van der Waals surface area contributed by atoms with Crippen molar-refractivity contribution in [3.8, 4) is 0 Å². The second-order valence-corrected chi connectivity index (χ2v) is 8.47. The number of hydrogen-bond donors (Lipinski definition) is 4. The molecule has 1 saturated heterocycles. The van der Waals surface area contributed by atoms with Gasteiger partial charge in [0.25, 0.3) is 5.56 Å². The first kappa shape index (κ1) is 21.2. The first-order chi connectivity index (χ1) is 11.9. The maximum absolute atomic E-state index is 11.9. The molecule has 1 aromatic rings. The summed E-state index contributed by atoms with van der Waals surface area (Å²) in [5, 5.41) is 0. The number of aromatic nitrogens is 2. The summed E-state index contributed by atoms with van der Waals surface area (Å²) in [4.78, 5) is 51.7. The quantitative estimate of drug-likeness (QED) is 0.426. The Hall–Kier alpha value is -1.14. The Morgan fingerprint density at radius 1 is 1.38 bits per heavy atom. The summed E-state index contributed by atoms with van der Waals surface area (Å²) in [6, 6.07) is 1.12. The number of nitrogens with one attached hydrogen (secondary N) is 1. The number of phosphoric acid groups is 2. The van der Waals surface area contributed by atoms with Crippen LogP contribution < -0.4 is 11.2 Å². The maximum atomic E-state index is 11.9. The molecule has 15 heteroatoms. The van der Waals surface area contributed by atoms with Crippen LogP contribution >= 0.6 is 15.6 Å². The van der Waals surface area contributed by atoms with E-state index in [9.17, 15) is 23.6 Å². The molecule has 1 aromatic heterocycles. The molecule has 0 spiro atoms. The largest absolute Gasteiger partial charge is 0.481 e. The van der Waals surface area contributed by atoms with Crippen LogP contribution in [0.15, 0.2) is 21.9 Å². The molecule has 1 aliphatic heterocycles. The molecule has 4 N–H and O–H groups in total. The van der Waals surface area contributed by atoms with E-state index in [0.717, 1.165) is 10.6 Å². The third-order valence-corrected chi connectivity index (χ3v) is 5.74. The molecule has 148 valence electrons. The highest BCUT2D eigenvalue weighted by Crippen LogP contribution is 2.58. The third kappa shape index (κ3) is 5.19. The molecule has 26 heavy (non-hydrogen) atoms. The molecule has 0 radical (unpaired) electrons. The summed E-state index contributed by atoms with van der Waals surface area (Å²) < 4.78 is 42.5. The van der Waals surface area contributed by atoms with Crippen molar-refractivity contribution in [3.63, 3.8) is 0 Å². The van der Waals surface area contributed by atoms with Gasteiger partial charge in [-0.05, 0) is 0 Å². The number of ether oxygens (including phenoxy) is 2. The van der Waals surface area contributed by atoms with E-state index in [1.807, 2.05) is 0 Å². The van der Waals surface area contributed by atoms with E-state index in [0.29, 0.717) is 0 Å². The standard InChI is InChI=1S/C11H18N2O11P2/c1-7-5-11(21-2,6-22-26(19,20)24-25(16,17)18)23-9(7)13-4-3-8(14)12-10(13)15/h3-4,7,9H,5-6H2,1-2H3,(H,19,20)(H,12,14,15)(H2,16,17,18). The van der Waals surface area contributed by atoms with Crippen molar-refractivity contribution in [1.82, 2.24) is 9.55 Å². The fourth-order valence-corrected chi connectivity index (χ4v) is 4.18. The van der Waals surface area contributed by atoms with Gasteiger partial charge in [0.1, 0.15) is 12.8 Å². The third-order valence-electron chi connectivity index (χ3n) is 3.61. The van der Waals surface area contributed by atoms with E-state index >= 15 is 0 Å². The molecule has 1 aliphatic rings. The predicted octanol–water partition coefficient (Wildman–Crippen LogP) is -0.339. The van der Waals surface area contributed by atoms with E-state index in [2.05, 4.69) is 13.8 Å². The Labute approximate surface area is 146 Å². The summed E-state index contributed by atoms with van der Waals surface area (Å²) in [5.41, 5.74) is -1.31. The number of rotatable bonds is 7. The molecule has 0 aliphatic carbocycles. The Morgan fingerprint density at radius 3 is 2.58 bits per heavy atom. The molecule has 0 amide bonds. The summed E-state index contributed by atoms with van der Waals surface area (Å²) >= 11 is 0. The van der Waals surface area contributed by atoms with Gasteiger partial charge in [-0.3, -0.25) is 18.9 Å². The SMILES string of the molecule is COC1(COP(=O)(O)OP(=O)(O)O)CC(C)C(n2ccc(=O)[nH]c2=O)O1. The van der Waals surface area contributed by atoms with Gasteiger partial charge in [0, 0.05) is 31.7 Å². The van der Waals surface area contributed by atoms with Crippen LogP contribution in [-0.4, -0.2) is 43.7 Å². The van der Waals surface area contributed by atoms with Crippen LogP contribution in [0.3, 0.4) is 0 Å². The molecule has 0 saturated carbocycles. The van der Waals surface area contributed by atoms with Gasteiger partial charge in [-0.15, -0.1) is 0 Å².